The molecule has 5 heteroatoms. The normalized spacial score (nSPS) is 42.0. The van der Waals surface area contributed by atoms with Crippen LogP contribution in [0.25, 0.3) is 0 Å². The molecule has 1 spiro atoms. The molecule has 0 heterocycles. The zero-order valence-corrected chi connectivity index (χ0v) is 17.0. The van der Waals surface area contributed by atoms with E-state index < -0.39 is 28.3 Å². The van der Waals surface area contributed by atoms with Gasteiger partial charge in [0.1, 0.15) is 12.2 Å². The van der Waals surface area contributed by atoms with E-state index in [4.69, 9.17) is 9.47 Å². The van der Waals surface area contributed by atoms with Gasteiger partial charge in [-0.2, -0.15) is 0 Å². The predicted molar refractivity (Wildman–Crippen MR) is 102 cm³/mol. The minimum atomic E-state index is -0.862. The SMILES string of the molecule is C=C(O)O[C@@H]1C[C@@H](C)C23C=CC(=O)[C@@]2(C)[C@@H](OC(=O)/C(C)=C\C)C(C)(C)[C@H]13. The van der Waals surface area contributed by atoms with Crippen LogP contribution in [0.3, 0.4) is 0 Å². The van der Waals surface area contributed by atoms with Crippen molar-refractivity contribution in [3.8, 4) is 0 Å². The molecule has 2 fully saturated rings. The van der Waals surface area contributed by atoms with Gasteiger partial charge in [0.15, 0.2) is 5.78 Å². The lowest BCUT2D eigenvalue weighted by Gasteiger charge is -2.41. The Hall–Kier alpha value is -2.04. The quantitative estimate of drug-likeness (QED) is 0.455. The molecular formula is C22H30O5. The monoisotopic (exact) mass is 374 g/mol. The zero-order chi connectivity index (χ0) is 20.4. The van der Waals surface area contributed by atoms with Crippen molar-refractivity contribution in [1.29, 1.82) is 0 Å². The Bertz CT molecular complexity index is 761. The molecule has 2 saturated carbocycles. The van der Waals surface area contributed by atoms with E-state index in [9.17, 15) is 14.7 Å². The van der Waals surface area contributed by atoms with E-state index in [0.29, 0.717) is 12.0 Å². The van der Waals surface area contributed by atoms with Crippen molar-refractivity contribution in [1.82, 2.24) is 0 Å². The first kappa shape index (κ1) is 19.7. The summed E-state index contributed by atoms with van der Waals surface area (Å²) in [6.45, 7) is 15.1. The third-order valence-corrected chi connectivity index (χ3v) is 7.48. The van der Waals surface area contributed by atoms with Crippen molar-refractivity contribution < 1.29 is 24.2 Å². The number of ether oxygens (including phenoxy) is 2. The molecule has 1 unspecified atom stereocenters. The Morgan fingerprint density at radius 2 is 1.96 bits per heavy atom. The summed E-state index contributed by atoms with van der Waals surface area (Å²) in [4.78, 5) is 25.7. The second kappa shape index (κ2) is 5.98. The Labute approximate surface area is 161 Å². The molecule has 27 heavy (non-hydrogen) atoms. The van der Waals surface area contributed by atoms with E-state index in [0.717, 1.165) is 0 Å². The molecule has 5 nitrogen and oxygen atoms in total. The average molecular weight is 374 g/mol. The summed E-state index contributed by atoms with van der Waals surface area (Å²) in [5, 5.41) is 9.67. The highest BCUT2D eigenvalue weighted by Gasteiger charge is 2.80. The number of carbonyl (C=O) groups excluding carboxylic acids is 2. The first-order chi connectivity index (χ1) is 12.4. The Morgan fingerprint density at radius 1 is 1.33 bits per heavy atom. The molecule has 0 radical (unpaired) electrons. The van der Waals surface area contributed by atoms with Crippen LogP contribution in [-0.2, 0) is 19.1 Å². The second-order valence-electron chi connectivity index (χ2n) is 9.08. The Morgan fingerprint density at radius 3 is 2.52 bits per heavy atom. The third-order valence-electron chi connectivity index (χ3n) is 7.48. The molecule has 0 aromatic carbocycles. The van der Waals surface area contributed by atoms with Crippen molar-refractivity contribution >= 4 is 11.8 Å². The average Bonchev–Trinajstić information content (AvgIpc) is 3.06. The summed E-state index contributed by atoms with van der Waals surface area (Å²) in [5.74, 6) is -0.696. The fourth-order valence-corrected chi connectivity index (χ4v) is 6.41. The van der Waals surface area contributed by atoms with Crippen molar-refractivity contribution in [3.63, 3.8) is 0 Å². The van der Waals surface area contributed by atoms with Crippen LogP contribution in [-0.4, -0.2) is 29.1 Å². The first-order valence-electron chi connectivity index (χ1n) is 9.56. The van der Waals surface area contributed by atoms with E-state index in [-0.39, 0.29) is 29.7 Å². The van der Waals surface area contributed by atoms with Gasteiger partial charge in [-0.3, -0.25) is 4.79 Å². The first-order valence-corrected chi connectivity index (χ1v) is 9.56. The van der Waals surface area contributed by atoms with E-state index in [1.165, 1.54) is 0 Å². The molecule has 3 aliphatic rings. The molecule has 0 bridgehead atoms. The maximum absolute atomic E-state index is 13.1. The van der Waals surface area contributed by atoms with Crippen LogP contribution < -0.4 is 0 Å². The third kappa shape index (κ3) is 2.29. The van der Waals surface area contributed by atoms with Gasteiger partial charge in [0.05, 0.1) is 5.41 Å². The highest BCUT2D eigenvalue weighted by atomic mass is 16.6. The molecule has 0 saturated heterocycles. The highest BCUT2D eigenvalue weighted by Crippen LogP contribution is 2.75. The van der Waals surface area contributed by atoms with Crippen LogP contribution in [0.15, 0.2) is 36.3 Å². The minimum absolute atomic E-state index is 0.00988. The van der Waals surface area contributed by atoms with Crippen LogP contribution in [0.1, 0.15) is 48.0 Å². The fourth-order valence-electron chi connectivity index (χ4n) is 6.41. The lowest BCUT2D eigenvalue weighted by Crippen LogP contribution is -2.49. The number of ketones is 1. The standard InChI is InChI=1S/C22H30O5/c1-8-12(2)18(25)27-19-20(5,6)17-15(26-14(4)23)11-13(3)22(17)10-9-16(24)21(19,22)7/h8-10,13,15,17,19,23H,4,11H2,1-3,5-7H3/b12-8-/t13-,15-,17+,19+,21+,22?/m1/s1. The fraction of sp³-hybridized carbons (Fsp3) is 0.636. The lowest BCUT2D eigenvalue weighted by molar-refractivity contribution is -0.163. The number of esters is 1. The van der Waals surface area contributed by atoms with Crippen molar-refractivity contribution in [2.24, 2.45) is 28.1 Å². The Balaban J connectivity index is 2.14. The molecule has 0 amide bonds. The summed E-state index contributed by atoms with van der Waals surface area (Å²) in [6.07, 6.45) is 5.16. The number of aliphatic hydroxyl groups is 1. The number of hydrogen-bond acceptors (Lipinski definition) is 5. The largest absolute Gasteiger partial charge is 0.481 e. The van der Waals surface area contributed by atoms with Gasteiger partial charge in [0, 0.05) is 22.3 Å². The summed E-state index contributed by atoms with van der Waals surface area (Å²) in [6, 6.07) is 0. The number of hydrogen-bond donors (Lipinski definition) is 1. The minimum Gasteiger partial charge on any atom is -0.481 e. The van der Waals surface area contributed by atoms with Gasteiger partial charge < -0.3 is 14.6 Å². The topological polar surface area (TPSA) is 72.8 Å². The van der Waals surface area contributed by atoms with Gasteiger partial charge in [-0.05, 0) is 45.8 Å². The van der Waals surface area contributed by atoms with Gasteiger partial charge in [0.2, 0.25) is 0 Å². The van der Waals surface area contributed by atoms with Gasteiger partial charge in [-0.25, -0.2) is 4.79 Å². The molecule has 148 valence electrons. The molecule has 3 rings (SSSR count). The van der Waals surface area contributed by atoms with Crippen LogP contribution in [0.2, 0.25) is 0 Å². The smallest absolute Gasteiger partial charge is 0.333 e. The van der Waals surface area contributed by atoms with E-state index >= 15 is 0 Å². The van der Waals surface area contributed by atoms with Gasteiger partial charge in [-0.1, -0.05) is 32.9 Å². The molecule has 0 aliphatic heterocycles. The molecule has 6 atom stereocenters. The van der Waals surface area contributed by atoms with Gasteiger partial charge in [0.25, 0.3) is 5.95 Å². The molecule has 0 aromatic heterocycles. The summed E-state index contributed by atoms with van der Waals surface area (Å²) >= 11 is 0. The number of aliphatic hydroxyl groups excluding tert-OH is 1. The highest BCUT2D eigenvalue weighted by molar-refractivity contribution is 6.00. The summed E-state index contributed by atoms with van der Waals surface area (Å²) < 4.78 is 11.7. The number of allylic oxidation sites excluding steroid dienone is 3. The van der Waals surface area contributed by atoms with Gasteiger partial charge in [-0.15, -0.1) is 0 Å². The molecule has 0 aromatic rings. The van der Waals surface area contributed by atoms with E-state index in [1.807, 2.05) is 26.8 Å². The lowest BCUT2D eigenvalue weighted by atomic mass is 9.61. The zero-order valence-electron chi connectivity index (χ0n) is 17.0. The Kier molecular flexibility index (Phi) is 4.37. The summed E-state index contributed by atoms with van der Waals surface area (Å²) in [5.41, 5.74) is -1.35. The number of carbonyl (C=O) groups is 2. The van der Waals surface area contributed by atoms with Crippen molar-refractivity contribution in [2.75, 3.05) is 0 Å². The van der Waals surface area contributed by atoms with Gasteiger partial charge >= 0.3 is 5.97 Å². The number of rotatable bonds is 4. The summed E-state index contributed by atoms with van der Waals surface area (Å²) in [7, 11) is 0. The van der Waals surface area contributed by atoms with Crippen molar-refractivity contribution in [2.45, 2.75) is 60.2 Å². The van der Waals surface area contributed by atoms with Crippen LogP contribution in [0.5, 0.6) is 0 Å². The molecule has 1 N–H and O–H groups in total. The van der Waals surface area contributed by atoms with Crippen LogP contribution in [0.4, 0.5) is 0 Å². The maximum atomic E-state index is 13.1. The molecule has 3 aliphatic carbocycles. The van der Waals surface area contributed by atoms with Crippen LogP contribution >= 0.6 is 0 Å². The second-order valence-corrected chi connectivity index (χ2v) is 9.08. The maximum Gasteiger partial charge on any atom is 0.333 e. The van der Waals surface area contributed by atoms with Crippen LogP contribution in [0, 0.1) is 28.1 Å². The van der Waals surface area contributed by atoms with E-state index in [1.54, 1.807) is 26.0 Å². The van der Waals surface area contributed by atoms with Crippen molar-refractivity contribution in [3.05, 3.63) is 36.3 Å². The predicted octanol–water partition coefficient (Wildman–Crippen LogP) is 4.11. The van der Waals surface area contributed by atoms with E-state index in [2.05, 4.69) is 13.5 Å². The molecular weight excluding hydrogens is 344 g/mol.